The van der Waals surface area contributed by atoms with Gasteiger partial charge in [-0.2, -0.15) is 0 Å². The molecule has 0 saturated carbocycles. The largest absolute Gasteiger partial charge is 0.383 e. The summed E-state index contributed by atoms with van der Waals surface area (Å²) in [6, 6.07) is -0.106. The van der Waals surface area contributed by atoms with Crippen LogP contribution < -0.4 is 5.32 Å². The van der Waals surface area contributed by atoms with Gasteiger partial charge in [-0.05, 0) is 26.8 Å². The average molecular weight is 294 g/mol. The van der Waals surface area contributed by atoms with Gasteiger partial charge < -0.3 is 19.5 Å². The minimum Gasteiger partial charge on any atom is -0.383 e. The number of piperidine rings is 1. The highest BCUT2D eigenvalue weighted by Crippen LogP contribution is 2.27. The van der Waals surface area contributed by atoms with E-state index in [9.17, 15) is 4.79 Å². The number of nitrogens with one attached hydrogen (secondary N) is 1. The summed E-state index contributed by atoms with van der Waals surface area (Å²) in [5.74, 6) is 1.75. The molecule has 2 heterocycles. The fourth-order valence-electron chi connectivity index (χ4n) is 2.81. The molecule has 1 amide bonds. The molecule has 1 aliphatic heterocycles. The number of rotatable bonds is 6. The maximum Gasteiger partial charge on any atom is 0.239 e. The number of carbonyl (C=O) groups is 1. The first-order valence-electron chi connectivity index (χ1n) is 7.63. The Hall–Kier alpha value is -1.40. The Bertz CT molecular complexity index is 452. The molecule has 1 atom stereocenters. The summed E-state index contributed by atoms with van der Waals surface area (Å²) < 4.78 is 7.30. The molecule has 6 nitrogen and oxygen atoms in total. The highest BCUT2D eigenvalue weighted by Gasteiger charge is 2.27. The normalized spacial score (nSPS) is 18.0. The quantitative estimate of drug-likeness (QED) is 0.845. The third-order valence-corrected chi connectivity index (χ3v) is 4.26. The summed E-state index contributed by atoms with van der Waals surface area (Å²) in [5, 5.41) is 3.01. The molecule has 0 aromatic carbocycles. The summed E-state index contributed by atoms with van der Waals surface area (Å²) >= 11 is 0. The van der Waals surface area contributed by atoms with Gasteiger partial charge in [-0.3, -0.25) is 4.79 Å². The Morgan fingerprint density at radius 1 is 1.52 bits per heavy atom. The molecule has 1 unspecified atom stereocenters. The molecule has 1 aliphatic rings. The van der Waals surface area contributed by atoms with Gasteiger partial charge in [-0.25, -0.2) is 4.98 Å². The lowest BCUT2D eigenvalue weighted by atomic mass is 9.95. The SMILES string of the molecule is CNC(C)C(=O)N1CCC(c2nccn2CCOC)CC1. The molecule has 1 aromatic heterocycles. The Morgan fingerprint density at radius 2 is 2.24 bits per heavy atom. The first kappa shape index (κ1) is 16.0. The number of imidazole rings is 1. The van der Waals surface area contributed by atoms with Crippen molar-refractivity contribution < 1.29 is 9.53 Å². The highest BCUT2D eigenvalue weighted by atomic mass is 16.5. The first-order chi connectivity index (χ1) is 10.2. The molecule has 0 radical (unpaired) electrons. The Morgan fingerprint density at radius 3 is 2.86 bits per heavy atom. The van der Waals surface area contributed by atoms with Crippen molar-refractivity contribution in [1.29, 1.82) is 0 Å². The minimum atomic E-state index is -0.106. The number of carbonyl (C=O) groups excluding carboxylic acids is 1. The van der Waals surface area contributed by atoms with E-state index in [2.05, 4.69) is 14.9 Å². The predicted molar refractivity (Wildman–Crippen MR) is 81.2 cm³/mol. The van der Waals surface area contributed by atoms with Gasteiger partial charge in [-0.15, -0.1) is 0 Å². The van der Waals surface area contributed by atoms with Gasteiger partial charge in [-0.1, -0.05) is 0 Å². The number of nitrogens with zero attached hydrogens (tertiary/aromatic N) is 3. The van der Waals surface area contributed by atoms with Crippen molar-refractivity contribution in [3.63, 3.8) is 0 Å². The molecule has 0 aliphatic carbocycles. The lowest BCUT2D eigenvalue weighted by Crippen LogP contribution is -2.46. The van der Waals surface area contributed by atoms with Gasteiger partial charge in [0.05, 0.1) is 12.6 Å². The van der Waals surface area contributed by atoms with Gasteiger partial charge in [0.1, 0.15) is 5.82 Å². The van der Waals surface area contributed by atoms with Crippen molar-refractivity contribution in [3.8, 4) is 0 Å². The van der Waals surface area contributed by atoms with Crippen LogP contribution in [0.5, 0.6) is 0 Å². The van der Waals surface area contributed by atoms with Crippen molar-refractivity contribution in [3.05, 3.63) is 18.2 Å². The Labute approximate surface area is 126 Å². The predicted octanol–water partition coefficient (Wildman–Crippen LogP) is 0.843. The monoisotopic (exact) mass is 294 g/mol. The fraction of sp³-hybridized carbons (Fsp3) is 0.733. The summed E-state index contributed by atoms with van der Waals surface area (Å²) in [6.45, 7) is 5.06. The van der Waals surface area contributed by atoms with Gasteiger partial charge in [0.25, 0.3) is 0 Å². The number of hydrogen-bond donors (Lipinski definition) is 1. The number of methoxy groups -OCH3 is 1. The second-order valence-electron chi connectivity index (χ2n) is 5.58. The lowest BCUT2D eigenvalue weighted by molar-refractivity contribution is -0.134. The van der Waals surface area contributed by atoms with Crippen LogP contribution in [0.25, 0.3) is 0 Å². The van der Waals surface area contributed by atoms with Gasteiger partial charge in [0.15, 0.2) is 0 Å². The zero-order valence-electron chi connectivity index (χ0n) is 13.2. The first-order valence-corrected chi connectivity index (χ1v) is 7.63. The molecule has 0 spiro atoms. The van der Waals surface area contributed by atoms with E-state index >= 15 is 0 Å². The molecule has 1 saturated heterocycles. The number of likely N-dealkylation sites (tertiary alicyclic amines) is 1. The molecule has 118 valence electrons. The topological polar surface area (TPSA) is 59.4 Å². The molecule has 1 N–H and O–H groups in total. The number of aromatic nitrogens is 2. The standard InChI is InChI=1S/C15H26N4O2/c1-12(16-2)15(20)19-7-4-13(5-8-19)14-17-6-9-18(14)10-11-21-3/h6,9,12-13,16H,4-5,7-8,10-11H2,1-3H3. The highest BCUT2D eigenvalue weighted by molar-refractivity contribution is 5.81. The van der Waals surface area contributed by atoms with Crippen LogP contribution in [-0.4, -0.2) is 60.3 Å². The van der Waals surface area contributed by atoms with Crippen LogP contribution >= 0.6 is 0 Å². The van der Waals surface area contributed by atoms with E-state index in [-0.39, 0.29) is 11.9 Å². The van der Waals surface area contributed by atoms with E-state index in [0.717, 1.165) is 38.3 Å². The van der Waals surface area contributed by atoms with E-state index in [1.165, 1.54) is 0 Å². The van der Waals surface area contributed by atoms with Crippen LogP contribution in [0.15, 0.2) is 12.4 Å². The zero-order valence-corrected chi connectivity index (χ0v) is 13.2. The molecule has 1 fully saturated rings. The molecule has 21 heavy (non-hydrogen) atoms. The van der Waals surface area contributed by atoms with Crippen LogP contribution in [0.1, 0.15) is 31.5 Å². The van der Waals surface area contributed by atoms with Crippen molar-refractivity contribution in [2.24, 2.45) is 0 Å². The molecule has 2 rings (SSSR count). The van der Waals surface area contributed by atoms with Crippen molar-refractivity contribution in [2.45, 2.75) is 38.3 Å². The summed E-state index contributed by atoms with van der Waals surface area (Å²) in [4.78, 5) is 18.6. The van der Waals surface area contributed by atoms with Crippen molar-refractivity contribution in [1.82, 2.24) is 19.8 Å². The maximum atomic E-state index is 12.2. The smallest absolute Gasteiger partial charge is 0.239 e. The van der Waals surface area contributed by atoms with E-state index in [1.807, 2.05) is 31.3 Å². The Balaban J connectivity index is 1.92. The van der Waals surface area contributed by atoms with E-state index in [4.69, 9.17) is 4.74 Å². The zero-order chi connectivity index (χ0) is 15.2. The molecule has 1 aromatic rings. The van der Waals surface area contributed by atoms with Gasteiger partial charge >= 0.3 is 0 Å². The van der Waals surface area contributed by atoms with Gasteiger partial charge in [0.2, 0.25) is 5.91 Å². The number of amides is 1. The summed E-state index contributed by atoms with van der Waals surface area (Å²) in [6.07, 6.45) is 5.82. The van der Waals surface area contributed by atoms with Crippen molar-refractivity contribution in [2.75, 3.05) is 33.9 Å². The van der Waals surface area contributed by atoms with E-state index in [0.29, 0.717) is 12.5 Å². The van der Waals surface area contributed by atoms with Crippen LogP contribution in [0.3, 0.4) is 0 Å². The van der Waals surface area contributed by atoms with Crippen LogP contribution in [0.4, 0.5) is 0 Å². The maximum absolute atomic E-state index is 12.2. The van der Waals surface area contributed by atoms with Crippen molar-refractivity contribution >= 4 is 5.91 Å². The van der Waals surface area contributed by atoms with Crippen LogP contribution in [0, 0.1) is 0 Å². The number of likely N-dealkylation sites (N-methyl/N-ethyl adjacent to an activating group) is 1. The van der Waals surface area contributed by atoms with Gasteiger partial charge in [0, 0.05) is 45.1 Å². The molecular formula is C15H26N4O2. The average Bonchev–Trinajstić information content (AvgIpc) is 3.00. The van der Waals surface area contributed by atoms with E-state index < -0.39 is 0 Å². The number of ether oxygens (including phenoxy) is 1. The summed E-state index contributed by atoms with van der Waals surface area (Å²) in [7, 11) is 3.53. The summed E-state index contributed by atoms with van der Waals surface area (Å²) in [5.41, 5.74) is 0. The fourth-order valence-corrected chi connectivity index (χ4v) is 2.81. The lowest BCUT2D eigenvalue weighted by Gasteiger charge is -2.33. The van der Waals surface area contributed by atoms with Crippen LogP contribution in [0.2, 0.25) is 0 Å². The molecule has 6 heteroatoms. The second kappa shape index (κ2) is 7.56. The third-order valence-electron chi connectivity index (χ3n) is 4.26. The molecular weight excluding hydrogens is 268 g/mol. The Kier molecular flexibility index (Phi) is 5.76. The minimum absolute atomic E-state index is 0.106. The van der Waals surface area contributed by atoms with E-state index in [1.54, 1.807) is 7.11 Å². The third kappa shape index (κ3) is 3.83. The number of hydrogen-bond acceptors (Lipinski definition) is 4. The molecule has 0 bridgehead atoms. The van der Waals surface area contributed by atoms with Crippen LogP contribution in [-0.2, 0) is 16.1 Å². The second-order valence-corrected chi connectivity index (χ2v) is 5.58.